The molecular weight excluding hydrogens is 302 g/mol. The van der Waals surface area contributed by atoms with Crippen LogP contribution in [0, 0.1) is 0 Å². The van der Waals surface area contributed by atoms with E-state index in [4.69, 9.17) is 11.6 Å². The third-order valence-electron chi connectivity index (χ3n) is 4.05. The molecule has 0 saturated heterocycles. The van der Waals surface area contributed by atoms with E-state index in [0.29, 0.717) is 12.1 Å². The van der Waals surface area contributed by atoms with Gasteiger partial charge in [0.05, 0.1) is 23.0 Å². The number of thioether (sulfide) groups is 1. The summed E-state index contributed by atoms with van der Waals surface area (Å²) in [6.45, 7) is 7.55. The maximum atomic E-state index is 6.43. The first-order valence-electron chi connectivity index (χ1n) is 8.21. The number of aromatic nitrogens is 2. The molecule has 0 aromatic carbocycles. The second kappa shape index (κ2) is 8.44. The molecule has 3 nitrogen and oxygen atoms in total. The molecule has 0 amide bonds. The van der Waals surface area contributed by atoms with E-state index in [9.17, 15) is 0 Å². The molecule has 1 aromatic heterocycles. The van der Waals surface area contributed by atoms with Crippen LogP contribution in [-0.2, 0) is 0 Å². The summed E-state index contributed by atoms with van der Waals surface area (Å²) in [6.07, 6.45) is 8.48. The van der Waals surface area contributed by atoms with Crippen molar-refractivity contribution in [3.63, 3.8) is 0 Å². The normalized spacial score (nSPS) is 17.8. The number of rotatable bonds is 8. The van der Waals surface area contributed by atoms with E-state index in [1.165, 1.54) is 25.7 Å². The Hall–Kier alpha value is -0.190. The van der Waals surface area contributed by atoms with Crippen molar-refractivity contribution in [2.24, 2.45) is 0 Å². The van der Waals surface area contributed by atoms with Crippen LogP contribution in [0.3, 0.4) is 0 Å². The second-order valence-corrected chi connectivity index (χ2v) is 7.90. The number of halogens is 1. The van der Waals surface area contributed by atoms with Gasteiger partial charge in [-0.05, 0) is 39.7 Å². The van der Waals surface area contributed by atoms with Gasteiger partial charge < -0.3 is 5.32 Å². The van der Waals surface area contributed by atoms with Crippen LogP contribution in [0.1, 0.15) is 70.7 Å². The van der Waals surface area contributed by atoms with Crippen LogP contribution in [0.15, 0.2) is 6.20 Å². The van der Waals surface area contributed by atoms with Gasteiger partial charge in [0.1, 0.15) is 0 Å². The maximum Gasteiger partial charge on any atom is 0.0834 e. The summed E-state index contributed by atoms with van der Waals surface area (Å²) in [6, 6.07) is 0.642. The lowest BCUT2D eigenvalue weighted by atomic mass is 10.2. The largest absolute Gasteiger partial charge is 0.308 e. The maximum absolute atomic E-state index is 6.43. The lowest BCUT2D eigenvalue weighted by Gasteiger charge is -2.23. The fourth-order valence-electron chi connectivity index (χ4n) is 2.93. The first kappa shape index (κ1) is 17.2. The fourth-order valence-corrected chi connectivity index (χ4v) is 4.60. The molecule has 1 unspecified atom stereocenters. The topological polar surface area (TPSA) is 29.9 Å². The van der Waals surface area contributed by atoms with Gasteiger partial charge in [0.2, 0.25) is 0 Å². The van der Waals surface area contributed by atoms with Crippen molar-refractivity contribution in [3.05, 3.63) is 16.9 Å². The van der Waals surface area contributed by atoms with Gasteiger partial charge >= 0.3 is 0 Å². The van der Waals surface area contributed by atoms with Crippen molar-refractivity contribution in [2.75, 3.05) is 12.3 Å². The number of nitrogens with zero attached hydrogens (tertiary/aromatic N) is 2. The van der Waals surface area contributed by atoms with Gasteiger partial charge in [-0.25, -0.2) is 0 Å². The molecule has 0 bridgehead atoms. The van der Waals surface area contributed by atoms with Gasteiger partial charge in [0.15, 0.2) is 0 Å². The SMILES string of the molecule is CCCNC(CSC1CCCC1)c1c(Cl)cnn1C(C)C. The molecule has 120 valence electrons. The highest BCUT2D eigenvalue weighted by molar-refractivity contribution is 7.99. The zero-order valence-corrected chi connectivity index (χ0v) is 15.0. The van der Waals surface area contributed by atoms with Gasteiger partial charge in [0, 0.05) is 17.0 Å². The molecule has 0 radical (unpaired) electrons. The number of nitrogens with one attached hydrogen (secondary N) is 1. The van der Waals surface area contributed by atoms with Gasteiger partial charge in [-0.2, -0.15) is 16.9 Å². The van der Waals surface area contributed by atoms with Crippen molar-refractivity contribution in [1.29, 1.82) is 0 Å². The van der Waals surface area contributed by atoms with Crippen LogP contribution in [-0.4, -0.2) is 27.3 Å². The molecule has 2 rings (SSSR count). The minimum absolute atomic E-state index is 0.299. The molecule has 1 fully saturated rings. The molecule has 1 aliphatic carbocycles. The first-order chi connectivity index (χ1) is 10.1. The molecule has 1 aromatic rings. The van der Waals surface area contributed by atoms with Crippen LogP contribution >= 0.6 is 23.4 Å². The minimum atomic E-state index is 0.299. The van der Waals surface area contributed by atoms with Gasteiger partial charge in [-0.15, -0.1) is 0 Å². The monoisotopic (exact) mass is 329 g/mol. The Bertz CT molecular complexity index is 427. The van der Waals surface area contributed by atoms with E-state index in [1.54, 1.807) is 6.20 Å². The average Bonchev–Trinajstić information content (AvgIpc) is 3.09. The summed E-state index contributed by atoms with van der Waals surface area (Å²) >= 11 is 8.53. The molecule has 1 saturated carbocycles. The number of hydrogen-bond acceptors (Lipinski definition) is 3. The molecule has 1 N–H and O–H groups in total. The third kappa shape index (κ3) is 4.64. The summed E-state index contributed by atoms with van der Waals surface area (Å²) < 4.78 is 2.07. The van der Waals surface area contributed by atoms with Crippen molar-refractivity contribution in [3.8, 4) is 0 Å². The molecule has 21 heavy (non-hydrogen) atoms. The van der Waals surface area contributed by atoms with Gasteiger partial charge in [0.25, 0.3) is 0 Å². The highest BCUT2D eigenvalue weighted by atomic mass is 35.5. The molecule has 1 heterocycles. The zero-order valence-electron chi connectivity index (χ0n) is 13.4. The Morgan fingerprint density at radius 2 is 2.14 bits per heavy atom. The fraction of sp³-hybridized carbons (Fsp3) is 0.812. The molecule has 0 aliphatic heterocycles. The van der Waals surface area contributed by atoms with Crippen LogP contribution in [0.25, 0.3) is 0 Å². The average molecular weight is 330 g/mol. The van der Waals surface area contributed by atoms with Crippen molar-refractivity contribution in [2.45, 2.75) is 70.2 Å². The van der Waals surface area contributed by atoms with E-state index < -0.39 is 0 Å². The Balaban J connectivity index is 2.08. The van der Waals surface area contributed by atoms with Crippen LogP contribution in [0.4, 0.5) is 0 Å². The van der Waals surface area contributed by atoms with E-state index in [1.807, 2.05) is 0 Å². The summed E-state index contributed by atoms with van der Waals surface area (Å²) in [7, 11) is 0. The lowest BCUT2D eigenvalue weighted by molar-refractivity contribution is 0.463. The van der Waals surface area contributed by atoms with E-state index in [0.717, 1.165) is 34.7 Å². The van der Waals surface area contributed by atoms with Crippen LogP contribution in [0.5, 0.6) is 0 Å². The number of hydrogen-bond donors (Lipinski definition) is 1. The third-order valence-corrected chi connectivity index (χ3v) is 5.81. The van der Waals surface area contributed by atoms with Crippen molar-refractivity contribution >= 4 is 23.4 Å². The Morgan fingerprint density at radius 1 is 1.43 bits per heavy atom. The highest BCUT2D eigenvalue weighted by Crippen LogP contribution is 2.34. The molecule has 0 spiro atoms. The van der Waals surface area contributed by atoms with E-state index >= 15 is 0 Å². The van der Waals surface area contributed by atoms with Gasteiger partial charge in [-0.3, -0.25) is 4.68 Å². The molecule has 1 aliphatic rings. The predicted molar refractivity (Wildman–Crippen MR) is 93.4 cm³/mol. The highest BCUT2D eigenvalue weighted by Gasteiger charge is 2.24. The van der Waals surface area contributed by atoms with Crippen LogP contribution < -0.4 is 5.32 Å². The molecule has 5 heteroatoms. The summed E-state index contributed by atoms with van der Waals surface area (Å²) in [5.74, 6) is 1.09. The Labute approximate surface area is 138 Å². The molecular formula is C16H28ClN3S. The quantitative estimate of drug-likeness (QED) is 0.740. The van der Waals surface area contributed by atoms with Crippen LogP contribution in [0.2, 0.25) is 5.02 Å². The summed E-state index contributed by atoms with van der Waals surface area (Å²) in [5.41, 5.74) is 1.16. The minimum Gasteiger partial charge on any atom is -0.308 e. The van der Waals surface area contributed by atoms with E-state index in [-0.39, 0.29) is 0 Å². The zero-order chi connectivity index (χ0) is 15.2. The summed E-state index contributed by atoms with van der Waals surface area (Å²) in [4.78, 5) is 0. The predicted octanol–water partition coefficient (Wildman–Crippen LogP) is 4.83. The first-order valence-corrected chi connectivity index (χ1v) is 9.64. The Morgan fingerprint density at radius 3 is 2.76 bits per heavy atom. The lowest BCUT2D eigenvalue weighted by Crippen LogP contribution is -2.28. The summed E-state index contributed by atoms with van der Waals surface area (Å²) in [5, 5.41) is 9.76. The van der Waals surface area contributed by atoms with Crippen molar-refractivity contribution in [1.82, 2.24) is 15.1 Å². The smallest absolute Gasteiger partial charge is 0.0834 e. The standard InChI is InChI=1S/C16H28ClN3S/c1-4-9-18-15(11-21-13-7-5-6-8-13)16-14(17)10-19-20(16)12(2)3/h10,12-13,15,18H,4-9,11H2,1-3H3. The Kier molecular flexibility index (Phi) is 6.90. The molecule has 1 atom stereocenters. The van der Waals surface area contributed by atoms with E-state index in [2.05, 4.69) is 47.6 Å². The van der Waals surface area contributed by atoms with Gasteiger partial charge in [-0.1, -0.05) is 31.4 Å². The van der Waals surface area contributed by atoms with Crippen molar-refractivity contribution < 1.29 is 0 Å². The second-order valence-electron chi connectivity index (χ2n) is 6.16.